The van der Waals surface area contributed by atoms with Crippen molar-refractivity contribution in [2.75, 3.05) is 11.9 Å². The molecule has 1 heterocycles. The normalized spacial score (nSPS) is 10.6. The third-order valence-corrected chi connectivity index (χ3v) is 4.44. The molecule has 150 valence electrons. The van der Waals surface area contributed by atoms with E-state index in [0.717, 1.165) is 16.9 Å². The number of ether oxygens (including phenoxy) is 1. The predicted octanol–water partition coefficient (Wildman–Crippen LogP) is 3.66. The third-order valence-electron chi connectivity index (χ3n) is 4.44. The predicted molar refractivity (Wildman–Crippen MR) is 107 cm³/mol. The van der Waals surface area contributed by atoms with E-state index in [1.807, 2.05) is 38.1 Å². The molecule has 3 rings (SSSR count). The van der Waals surface area contributed by atoms with Crippen molar-refractivity contribution in [2.45, 2.75) is 27.2 Å². The summed E-state index contributed by atoms with van der Waals surface area (Å²) < 4.78 is 19.9. The minimum Gasteiger partial charge on any atom is -0.455 e. The number of carbonyl (C=O) groups is 2. The van der Waals surface area contributed by atoms with E-state index in [1.165, 1.54) is 18.2 Å². The number of nitrogens with zero attached hydrogens (tertiary/aromatic N) is 2. The third kappa shape index (κ3) is 5.07. The molecule has 0 bridgehead atoms. The highest BCUT2D eigenvalue weighted by Crippen LogP contribution is 2.23. The van der Waals surface area contributed by atoms with Crippen LogP contribution in [0.5, 0.6) is 0 Å². The lowest BCUT2D eigenvalue weighted by molar-refractivity contribution is -0.146. The maximum Gasteiger partial charge on any atom is 0.310 e. The van der Waals surface area contributed by atoms with Gasteiger partial charge in [-0.1, -0.05) is 29.8 Å². The molecule has 1 amide bonds. The average Bonchev–Trinajstić information content (AvgIpc) is 2.95. The van der Waals surface area contributed by atoms with Crippen LogP contribution in [0.3, 0.4) is 0 Å². The number of nitrogens with one attached hydrogen (secondary N) is 1. The molecule has 2 aromatic carbocycles. The Kier molecular flexibility index (Phi) is 6.07. The highest BCUT2D eigenvalue weighted by atomic mass is 19.1. The van der Waals surface area contributed by atoms with Gasteiger partial charge in [-0.3, -0.25) is 9.59 Å². The lowest BCUT2D eigenvalue weighted by Crippen LogP contribution is -2.22. The largest absolute Gasteiger partial charge is 0.455 e. The summed E-state index contributed by atoms with van der Waals surface area (Å²) in [5.41, 5.74) is 4.52. The molecule has 0 atom stereocenters. The minimum atomic E-state index is -0.602. The van der Waals surface area contributed by atoms with Crippen LogP contribution in [-0.4, -0.2) is 28.3 Å². The van der Waals surface area contributed by atoms with E-state index in [4.69, 9.17) is 4.74 Å². The lowest BCUT2D eigenvalue weighted by atomic mass is 10.1. The van der Waals surface area contributed by atoms with Crippen LogP contribution in [0.25, 0.3) is 5.69 Å². The molecule has 0 saturated heterocycles. The van der Waals surface area contributed by atoms with E-state index in [9.17, 15) is 14.0 Å². The fraction of sp³-hybridized carbons (Fsp3) is 0.227. The zero-order valence-electron chi connectivity index (χ0n) is 16.5. The Morgan fingerprint density at radius 2 is 1.83 bits per heavy atom. The van der Waals surface area contributed by atoms with Crippen molar-refractivity contribution in [2.24, 2.45) is 0 Å². The standard InChI is InChI=1S/C22H22FN3O3/c1-14-7-9-19(10-8-14)26-16(3)22(15(2)25-26)24-20(27)13-29-21(28)12-17-5-4-6-18(23)11-17/h4-11H,12-13H2,1-3H3,(H,24,27). The molecule has 0 unspecified atom stereocenters. The molecule has 1 aromatic heterocycles. The number of aryl methyl sites for hydroxylation is 2. The first-order valence-electron chi connectivity index (χ1n) is 9.16. The topological polar surface area (TPSA) is 73.2 Å². The number of hydrogen-bond acceptors (Lipinski definition) is 4. The van der Waals surface area contributed by atoms with Gasteiger partial charge in [-0.25, -0.2) is 9.07 Å². The summed E-state index contributed by atoms with van der Waals surface area (Å²) in [6.45, 7) is 5.23. The molecule has 0 fully saturated rings. The van der Waals surface area contributed by atoms with Crippen LogP contribution in [0.4, 0.5) is 10.1 Å². The van der Waals surface area contributed by atoms with Gasteiger partial charge in [0.05, 0.1) is 29.2 Å². The summed E-state index contributed by atoms with van der Waals surface area (Å²) in [7, 11) is 0. The van der Waals surface area contributed by atoms with Crippen molar-refractivity contribution >= 4 is 17.6 Å². The van der Waals surface area contributed by atoms with Crippen LogP contribution < -0.4 is 5.32 Å². The molecular formula is C22H22FN3O3. The molecule has 1 N–H and O–H groups in total. The van der Waals surface area contributed by atoms with E-state index in [2.05, 4.69) is 10.4 Å². The maximum absolute atomic E-state index is 13.2. The van der Waals surface area contributed by atoms with Gasteiger partial charge in [0.2, 0.25) is 0 Å². The van der Waals surface area contributed by atoms with Crippen molar-refractivity contribution in [3.63, 3.8) is 0 Å². The summed E-state index contributed by atoms with van der Waals surface area (Å²) >= 11 is 0. The molecule has 6 nitrogen and oxygen atoms in total. The van der Waals surface area contributed by atoms with Crippen LogP contribution in [0, 0.1) is 26.6 Å². The SMILES string of the molecule is Cc1ccc(-n2nc(C)c(NC(=O)COC(=O)Cc3cccc(F)c3)c2C)cc1. The number of amides is 1. The fourth-order valence-electron chi connectivity index (χ4n) is 2.95. The highest BCUT2D eigenvalue weighted by molar-refractivity contribution is 5.94. The first-order chi connectivity index (χ1) is 13.8. The molecule has 0 aliphatic heterocycles. The molecule has 0 aliphatic carbocycles. The molecular weight excluding hydrogens is 373 g/mol. The number of halogens is 1. The van der Waals surface area contributed by atoms with Gasteiger partial charge in [-0.15, -0.1) is 0 Å². The number of carbonyl (C=O) groups excluding carboxylic acids is 2. The Labute approximate surface area is 168 Å². The second-order valence-electron chi connectivity index (χ2n) is 6.81. The monoisotopic (exact) mass is 395 g/mol. The number of aromatic nitrogens is 2. The van der Waals surface area contributed by atoms with Crippen molar-refractivity contribution < 1.29 is 18.7 Å². The molecule has 0 saturated carbocycles. The second kappa shape index (κ2) is 8.68. The number of anilines is 1. The second-order valence-corrected chi connectivity index (χ2v) is 6.81. The molecule has 0 spiro atoms. The first-order valence-corrected chi connectivity index (χ1v) is 9.16. The van der Waals surface area contributed by atoms with Crippen LogP contribution in [0.2, 0.25) is 0 Å². The van der Waals surface area contributed by atoms with E-state index in [1.54, 1.807) is 17.7 Å². The quantitative estimate of drug-likeness (QED) is 0.647. The Bertz CT molecular complexity index is 1040. The van der Waals surface area contributed by atoms with Crippen LogP contribution in [0.15, 0.2) is 48.5 Å². The van der Waals surface area contributed by atoms with Gasteiger partial charge >= 0.3 is 5.97 Å². The van der Waals surface area contributed by atoms with E-state index >= 15 is 0 Å². The number of rotatable bonds is 6. The van der Waals surface area contributed by atoms with Crippen molar-refractivity contribution in [3.8, 4) is 5.69 Å². The Balaban J connectivity index is 1.60. The number of hydrogen-bond donors (Lipinski definition) is 1. The Morgan fingerprint density at radius 1 is 1.10 bits per heavy atom. The molecule has 7 heteroatoms. The summed E-state index contributed by atoms with van der Waals surface area (Å²) in [5.74, 6) is -1.49. The highest BCUT2D eigenvalue weighted by Gasteiger charge is 2.16. The smallest absolute Gasteiger partial charge is 0.310 e. The Hall–Kier alpha value is -3.48. The lowest BCUT2D eigenvalue weighted by Gasteiger charge is -2.08. The van der Waals surface area contributed by atoms with Gasteiger partial charge < -0.3 is 10.1 Å². The maximum atomic E-state index is 13.2. The fourth-order valence-corrected chi connectivity index (χ4v) is 2.95. The summed E-state index contributed by atoms with van der Waals surface area (Å²) in [5, 5.41) is 7.23. The van der Waals surface area contributed by atoms with Gasteiger partial charge in [-0.2, -0.15) is 5.10 Å². The molecule has 29 heavy (non-hydrogen) atoms. The Morgan fingerprint density at radius 3 is 2.52 bits per heavy atom. The average molecular weight is 395 g/mol. The van der Waals surface area contributed by atoms with Crippen LogP contribution in [-0.2, 0) is 20.7 Å². The zero-order valence-corrected chi connectivity index (χ0v) is 16.5. The van der Waals surface area contributed by atoms with Crippen molar-refractivity contribution in [3.05, 3.63) is 76.9 Å². The van der Waals surface area contributed by atoms with Gasteiger partial charge in [0.15, 0.2) is 6.61 Å². The van der Waals surface area contributed by atoms with Crippen LogP contribution in [0.1, 0.15) is 22.5 Å². The van der Waals surface area contributed by atoms with Gasteiger partial charge in [0, 0.05) is 0 Å². The molecule has 0 aliphatic rings. The first kappa shape index (κ1) is 20.3. The summed E-state index contributed by atoms with van der Waals surface area (Å²) in [4.78, 5) is 24.1. The zero-order chi connectivity index (χ0) is 21.0. The van der Waals surface area contributed by atoms with E-state index in [0.29, 0.717) is 16.9 Å². The summed E-state index contributed by atoms with van der Waals surface area (Å²) in [6.07, 6.45) is -0.103. The minimum absolute atomic E-state index is 0.103. The number of esters is 1. The summed E-state index contributed by atoms with van der Waals surface area (Å²) in [6, 6.07) is 13.6. The molecule has 3 aromatic rings. The molecule has 0 radical (unpaired) electrons. The van der Waals surface area contributed by atoms with E-state index in [-0.39, 0.29) is 6.42 Å². The van der Waals surface area contributed by atoms with Crippen molar-refractivity contribution in [1.29, 1.82) is 0 Å². The van der Waals surface area contributed by atoms with E-state index < -0.39 is 24.3 Å². The van der Waals surface area contributed by atoms with Gasteiger partial charge in [0.25, 0.3) is 5.91 Å². The van der Waals surface area contributed by atoms with Crippen molar-refractivity contribution in [1.82, 2.24) is 9.78 Å². The van der Waals surface area contributed by atoms with Gasteiger partial charge in [0.1, 0.15) is 5.82 Å². The van der Waals surface area contributed by atoms with Crippen LogP contribution >= 0.6 is 0 Å². The number of benzene rings is 2. The van der Waals surface area contributed by atoms with Gasteiger partial charge in [-0.05, 0) is 50.6 Å².